The van der Waals surface area contributed by atoms with E-state index in [9.17, 15) is 0 Å². The maximum atomic E-state index is 5.42. The molecule has 0 saturated carbocycles. The second kappa shape index (κ2) is 7.32. The molecule has 0 amide bonds. The molecule has 0 aliphatic carbocycles. The first kappa shape index (κ1) is 15.7. The maximum Gasteiger partial charge on any atom is 0.169 e. The normalized spacial score (nSPS) is 20.4. The van der Waals surface area contributed by atoms with E-state index in [1.54, 1.807) is 0 Å². The minimum absolute atomic E-state index is 0.708. The second-order valence-corrected chi connectivity index (χ2v) is 6.92. The molecule has 1 saturated heterocycles. The molecule has 1 N–H and O–H groups in total. The van der Waals surface area contributed by atoms with Crippen molar-refractivity contribution in [1.29, 1.82) is 0 Å². The largest absolute Gasteiger partial charge is 0.363 e. The molecule has 0 aromatic carbocycles. The highest BCUT2D eigenvalue weighted by atomic mass is 32.1. The molecule has 1 rings (SSSR count). The molecular formula is C15H30N2S. The van der Waals surface area contributed by atoms with Gasteiger partial charge in [0.1, 0.15) is 0 Å². The zero-order valence-electron chi connectivity index (χ0n) is 12.7. The van der Waals surface area contributed by atoms with Gasteiger partial charge in [-0.05, 0) is 49.2 Å². The highest BCUT2D eigenvalue weighted by Gasteiger charge is 2.35. The number of nitrogens with one attached hydrogen (secondary N) is 1. The number of nitrogens with zero attached hydrogens (tertiary/aromatic N) is 1. The van der Waals surface area contributed by atoms with Gasteiger partial charge >= 0.3 is 0 Å². The fourth-order valence-corrected chi connectivity index (χ4v) is 2.55. The molecule has 106 valence electrons. The van der Waals surface area contributed by atoms with Crippen LogP contribution in [0, 0.1) is 17.8 Å². The van der Waals surface area contributed by atoms with Gasteiger partial charge in [0.25, 0.3) is 0 Å². The molecule has 0 aromatic heterocycles. The Morgan fingerprint density at radius 1 is 1.28 bits per heavy atom. The Morgan fingerprint density at radius 2 is 1.94 bits per heavy atom. The fourth-order valence-electron chi connectivity index (χ4n) is 2.23. The van der Waals surface area contributed by atoms with Crippen molar-refractivity contribution in [2.45, 2.75) is 59.9 Å². The van der Waals surface area contributed by atoms with Crippen molar-refractivity contribution in [1.82, 2.24) is 10.2 Å². The number of rotatable bonds is 7. The summed E-state index contributed by atoms with van der Waals surface area (Å²) in [6.45, 7) is 13.7. The van der Waals surface area contributed by atoms with Crippen LogP contribution in [0.4, 0.5) is 0 Å². The Kier molecular flexibility index (Phi) is 6.40. The summed E-state index contributed by atoms with van der Waals surface area (Å²) in [5, 5.41) is 4.37. The lowest BCUT2D eigenvalue weighted by Gasteiger charge is -2.16. The van der Waals surface area contributed by atoms with E-state index in [0.29, 0.717) is 6.04 Å². The van der Waals surface area contributed by atoms with E-state index in [-0.39, 0.29) is 0 Å². The van der Waals surface area contributed by atoms with Gasteiger partial charge in [0.05, 0.1) is 0 Å². The summed E-state index contributed by atoms with van der Waals surface area (Å²) in [5.74, 6) is 2.38. The predicted molar refractivity (Wildman–Crippen MR) is 83.8 cm³/mol. The van der Waals surface area contributed by atoms with E-state index in [1.165, 1.54) is 19.3 Å². The smallest absolute Gasteiger partial charge is 0.169 e. The van der Waals surface area contributed by atoms with Crippen molar-refractivity contribution in [2.24, 2.45) is 17.8 Å². The van der Waals surface area contributed by atoms with Gasteiger partial charge in [-0.15, -0.1) is 0 Å². The first-order valence-electron chi connectivity index (χ1n) is 7.46. The average Bonchev–Trinajstić information content (AvgIpc) is 3.01. The SMILES string of the molecule is CC(C)CC1CN1C(=S)NCCCC(C)C(C)C. The van der Waals surface area contributed by atoms with Crippen LogP contribution in [-0.4, -0.2) is 29.1 Å². The summed E-state index contributed by atoms with van der Waals surface area (Å²) in [7, 11) is 0. The molecule has 3 heteroatoms. The van der Waals surface area contributed by atoms with E-state index in [4.69, 9.17) is 12.2 Å². The molecule has 2 nitrogen and oxygen atoms in total. The van der Waals surface area contributed by atoms with Crippen molar-refractivity contribution in [3.05, 3.63) is 0 Å². The predicted octanol–water partition coefficient (Wildman–Crippen LogP) is 3.66. The fraction of sp³-hybridized carbons (Fsp3) is 0.933. The minimum Gasteiger partial charge on any atom is -0.363 e. The van der Waals surface area contributed by atoms with E-state index in [2.05, 4.69) is 44.8 Å². The van der Waals surface area contributed by atoms with Crippen LogP contribution in [0.2, 0.25) is 0 Å². The van der Waals surface area contributed by atoms with Crippen LogP contribution in [-0.2, 0) is 0 Å². The van der Waals surface area contributed by atoms with Gasteiger partial charge in [0, 0.05) is 19.1 Å². The Balaban J connectivity index is 2.05. The standard InChI is InChI=1S/C15H30N2S/c1-11(2)9-14-10-17(14)15(18)16-8-6-7-13(5)12(3)4/h11-14H,6-10H2,1-5H3,(H,16,18). The van der Waals surface area contributed by atoms with Gasteiger partial charge in [-0.2, -0.15) is 0 Å². The Morgan fingerprint density at radius 3 is 2.50 bits per heavy atom. The third-order valence-corrected chi connectivity index (χ3v) is 4.35. The maximum absolute atomic E-state index is 5.42. The second-order valence-electron chi connectivity index (χ2n) is 6.53. The zero-order valence-corrected chi connectivity index (χ0v) is 13.5. The van der Waals surface area contributed by atoms with Crippen molar-refractivity contribution in [3.63, 3.8) is 0 Å². The molecule has 2 atom stereocenters. The van der Waals surface area contributed by atoms with Crippen LogP contribution < -0.4 is 5.32 Å². The van der Waals surface area contributed by atoms with Crippen molar-refractivity contribution >= 4 is 17.3 Å². The molecule has 0 radical (unpaired) electrons. The van der Waals surface area contributed by atoms with Gasteiger partial charge in [-0.3, -0.25) is 0 Å². The monoisotopic (exact) mass is 270 g/mol. The highest BCUT2D eigenvalue weighted by molar-refractivity contribution is 7.80. The zero-order chi connectivity index (χ0) is 13.7. The van der Waals surface area contributed by atoms with E-state index >= 15 is 0 Å². The molecule has 1 heterocycles. The first-order valence-corrected chi connectivity index (χ1v) is 7.87. The van der Waals surface area contributed by atoms with Crippen LogP contribution >= 0.6 is 12.2 Å². The molecule has 0 bridgehead atoms. The van der Waals surface area contributed by atoms with Gasteiger partial charge in [-0.25, -0.2) is 0 Å². The lowest BCUT2D eigenvalue weighted by molar-refractivity contribution is 0.382. The Bertz CT molecular complexity index is 263. The summed E-state index contributed by atoms with van der Waals surface area (Å²) in [5.41, 5.74) is 0. The molecule has 2 unspecified atom stereocenters. The van der Waals surface area contributed by atoms with Crippen molar-refractivity contribution in [2.75, 3.05) is 13.1 Å². The quantitative estimate of drug-likeness (QED) is 0.432. The summed E-state index contributed by atoms with van der Waals surface area (Å²) < 4.78 is 0. The van der Waals surface area contributed by atoms with Gasteiger partial charge < -0.3 is 10.2 Å². The highest BCUT2D eigenvalue weighted by Crippen LogP contribution is 2.24. The van der Waals surface area contributed by atoms with E-state index in [0.717, 1.165) is 36.0 Å². The van der Waals surface area contributed by atoms with Crippen LogP contribution in [0.15, 0.2) is 0 Å². The van der Waals surface area contributed by atoms with Crippen LogP contribution in [0.25, 0.3) is 0 Å². The summed E-state index contributed by atoms with van der Waals surface area (Å²) in [6.07, 6.45) is 3.79. The topological polar surface area (TPSA) is 15.0 Å². The van der Waals surface area contributed by atoms with Crippen molar-refractivity contribution < 1.29 is 0 Å². The summed E-state index contributed by atoms with van der Waals surface area (Å²) in [6, 6.07) is 0.708. The van der Waals surface area contributed by atoms with Crippen molar-refractivity contribution in [3.8, 4) is 0 Å². The number of hydrogen-bond acceptors (Lipinski definition) is 1. The molecule has 18 heavy (non-hydrogen) atoms. The number of hydrogen-bond donors (Lipinski definition) is 1. The molecule has 0 aromatic rings. The van der Waals surface area contributed by atoms with Gasteiger partial charge in [-0.1, -0.05) is 34.6 Å². The van der Waals surface area contributed by atoms with Crippen LogP contribution in [0.3, 0.4) is 0 Å². The first-order chi connectivity index (χ1) is 8.41. The number of thiocarbonyl (C=S) groups is 1. The minimum atomic E-state index is 0.708. The third-order valence-electron chi connectivity index (χ3n) is 3.97. The van der Waals surface area contributed by atoms with E-state index in [1.807, 2.05) is 0 Å². The van der Waals surface area contributed by atoms with Gasteiger partial charge in [0.2, 0.25) is 0 Å². The lowest BCUT2D eigenvalue weighted by Crippen LogP contribution is -2.30. The lowest BCUT2D eigenvalue weighted by atomic mass is 9.93. The summed E-state index contributed by atoms with van der Waals surface area (Å²) >= 11 is 5.42. The molecule has 1 aliphatic heterocycles. The molecule has 1 aliphatic rings. The van der Waals surface area contributed by atoms with E-state index < -0.39 is 0 Å². The summed E-state index contributed by atoms with van der Waals surface area (Å²) in [4.78, 5) is 2.32. The average molecular weight is 270 g/mol. The van der Waals surface area contributed by atoms with Crippen LogP contribution in [0.5, 0.6) is 0 Å². The Hall–Kier alpha value is -0.310. The third kappa shape index (κ3) is 5.55. The van der Waals surface area contributed by atoms with Gasteiger partial charge in [0.15, 0.2) is 5.11 Å². The molecular weight excluding hydrogens is 240 g/mol. The molecule has 0 spiro atoms. The Labute approximate surface area is 119 Å². The molecule has 1 fully saturated rings. The van der Waals surface area contributed by atoms with Crippen LogP contribution in [0.1, 0.15) is 53.9 Å².